The van der Waals surface area contributed by atoms with Crippen LogP contribution < -0.4 is 0 Å². The van der Waals surface area contributed by atoms with Gasteiger partial charge in [-0.2, -0.15) is 0 Å². The van der Waals surface area contributed by atoms with E-state index in [9.17, 15) is 4.79 Å². The molecular weight excluding hydrogens is 268 g/mol. The zero-order valence-electron chi connectivity index (χ0n) is 12.5. The summed E-state index contributed by atoms with van der Waals surface area (Å²) in [5, 5.41) is 0.955. The predicted molar refractivity (Wildman–Crippen MR) is 80.3 cm³/mol. The Hall–Kier alpha value is -1.85. The second-order valence-corrected chi connectivity index (χ2v) is 5.43. The summed E-state index contributed by atoms with van der Waals surface area (Å²) in [7, 11) is 3.70. The number of amides is 1. The summed E-state index contributed by atoms with van der Waals surface area (Å²) in [6, 6.07) is 7.71. The number of methoxy groups -OCH3 is 1. The van der Waals surface area contributed by atoms with E-state index in [1.54, 1.807) is 7.11 Å². The van der Waals surface area contributed by atoms with Crippen LogP contribution in [0.15, 0.2) is 28.7 Å². The molecule has 2 aromatic rings. The van der Waals surface area contributed by atoms with Crippen molar-refractivity contribution < 1.29 is 13.9 Å². The first kappa shape index (κ1) is 14.1. The number of hydrogen-bond acceptors (Lipinski definition) is 4. The van der Waals surface area contributed by atoms with Crippen LogP contribution in [0.5, 0.6) is 0 Å². The second-order valence-electron chi connectivity index (χ2n) is 5.43. The SMILES string of the molecule is COCc1c(C(=O)N2CCN(C)CC2)oc2ccccc12. The van der Waals surface area contributed by atoms with Crippen LogP contribution in [-0.2, 0) is 11.3 Å². The summed E-state index contributed by atoms with van der Waals surface area (Å²) < 4.78 is 11.1. The fraction of sp³-hybridized carbons (Fsp3) is 0.438. The number of hydrogen-bond donors (Lipinski definition) is 0. The molecule has 0 aliphatic carbocycles. The van der Waals surface area contributed by atoms with Gasteiger partial charge in [-0.05, 0) is 13.1 Å². The molecule has 112 valence electrons. The van der Waals surface area contributed by atoms with Crippen LogP contribution in [0.4, 0.5) is 0 Å². The number of ether oxygens (including phenoxy) is 1. The highest BCUT2D eigenvalue weighted by atomic mass is 16.5. The number of likely N-dealkylation sites (N-methyl/N-ethyl adjacent to an activating group) is 1. The first-order chi connectivity index (χ1) is 10.2. The van der Waals surface area contributed by atoms with Crippen LogP contribution in [0, 0.1) is 0 Å². The second kappa shape index (κ2) is 5.87. The van der Waals surface area contributed by atoms with Gasteiger partial charge in [0.1, 0.15) is 5.58 Å². The van der Waals surface area contributed by atoms with Gasteiger partial charge < -0.3 is 19.0 Å². The normalized spacial score (nSPS) is 16.6. The zero-order chi connectivity index (χ0) is 14.8. The van der Waals surface area contributed by atoms with Gasteiger partial charge in [-0.3, -0.25) is 4.79 Å². The Bertz CT molecular complexity index is 642. The van der Waals surface area contributed by atoms with E-state index in [-0.39, 0.29) is 5.91 Å². The number of fused-ring (bicyclic) bond motifs is 1. The highest BCUT2D eigenvalue weighted by Crippen LogP contribution is 2.27. The Morgan fingerprint density at radius 2 is 1.95 bits per heavy atom. The number of piperazine rings is 1. The molecule has 1 saturated heterocycles. The molecule has 0 N–H and O–H groups in total. The van der Waals surface area contributed by atoms with E-state index in [1.165, 1.54) is 0 Å². The summed E-state index contributed by atoms with van der Waals surface area (Å²) in [4.78, 5) is 16.8. The molecule has 0 bridgehead atoms. The van der Waals surface area contributed by atoms with Gasteiger partial charge in [0.05, 0.1) is 6.61 Å². The van der Waals surface area contributed by atoms with E-state index in [0.29, 0.717) is 12.4 Å². The fourth-order valence-corrected chi connectivity index (χ4v) is 2.71. The van der Waals surface area contributed by atoms with Crippen molar-refractivity contribution in [1.82, 2.24) is 9.80 Å². The van der Waals surface area contributed by atoms with Crippen LogP contribution in [0.1, 0.15) is 16.1 Å². The average Bonchev–Trinajstić information content (AvgIpc) is 2.87. The van der Waals surface area contributed by atoms with Crippen LogP contribution in [-0.4, -0.2) is 56.0 Å². The van der Waals surface area contributed by atoms with Crippen molar-refractivity contribution in [3.63, 3.8) is 0 Å². The van der Waals surface area contributed by atoms with Crippen LogP contribution in [0.3, 0.4) is 0 Å². The molecule has 1 amide bonds. The molecule has 5 heteroatoms. The summed E-state index contributed by atoms with van der Waals surface area (Å²) in [5.74, 6) is 0.383. The van der Waals surface area contributed by atoms with Crippen molar-refractivity contribution in [2.75, 3.05) is 40.3 Å². The predicted octanol–water partition coefficient (Wildman–Crippen LogP) is 1.97. The van der Waals surface area contributed by atoms with E-state index in [0.717, 1.165) is 42.7 Å². The third-order valence-corrected chi connectivity index (χ3v) is 3.97. The van der Waals surface area contributed by atoms with Crippen molar-refractivity contribution >= 4 is 16.9 Å². The van der Waals surface area contributed by atoms with Crippen molar-refractivity contribution in [2.45, 2.75) is 6.61 Å². The highest BCUT2D eigenvalue weighted by Gasteiger charge is 2.27. The molecule has 1 aromatic carbocycles. The number of benzene rings is 1. The molecule has 21 heavy (non-hydrogen) atoms. The lowest BCUT2D eigenvalue weighted by atomic mass is 10.1. The molecule has 5 nitrogen and oxygen atoms in total. The molecule has 1 aromatic heterocycles. The van der Waals surface area contributed by atoms with Gasteiger partial charge in [0.15, 0.2) is 5.76 Å². The minimum Gasteiger partial charge on any atom is -0.451 e. The van der Waals surface area contributed by atoms with Crippen LogP contribution >= 0.6 is 0 Å². The lowest BCUT2D eigenvalue weighted by Gasteiger charge is -2.32. The first-order valence-electron chi connectivity index (χ1n) is 7.18. The lowest BCUT2D eigenvalue weighted by Crippen LogP contribution is -2.47. The average molecular weight is 288 g/mol. The Morgan fingerprint density at radius 3 is 2.67 bits per heavy atom. The molecule has 0 spiro atoms. The van der Waals surface area contributed by atoms with Gasteiger partial charge in [0.25, 0.3) is 5.91 Å². The summed E-state index contributed by atoms with van der Waals surface area (Å²) >= 11 is 0. The number of carbonyl (C=O) groups is 1. The quantitative estimate of drug-likeness (QED) is 0.866. The van der Waals surface area contributed by atoms with E-state index in [4.69, 9.17) is 9.15 Å². The molecule has 0 radical (unpaired) electrons. The number of rotatable bonds is 3. The van der Waals surface area contributed by atoms with E-state index in [1.807, 2.05) is 29.2 Å². The number of furan rings is 1. The van der Waals surface area contributed by atoms with Crippen molar-refractivity contribution in [3.05, 3.63) is 35.6 Å². The molecule has 2 heterocycles. The Balaban J connectivity index is 1.95. The molecule has 0 unspecified atom stereocenters. The summed E-state index contributed by atoms with van der Waals surface area (Å²) in [6.45, 7) is 3.64. The van der Waals surface area contributed by atoms with Crippen LogP contribution in [0.2, 0.25) is 0 Å². The zero-order valence-corrected chi connectivity index (χ0v) is 12.5. The third-order valence-electron chi connectivity index (χ3n) is 3.97. The molecule has 1 aliphatic heterocycles. The van der Waals surface area contributed by atoms with Gasteiger partial charge in [-0.1, -0.05) is 18.2 Å². The third kappa shape index (κ3) is 2.66. The largest absolute Gasteiger partial charge is 0.451 e. The number of nitrogens with zero attached hydrogens (tertiary/aromatic N) is 2. The maximum atomic E-state index is 12.7. The Morgan fingerprint density at radius 1 is 1.24 bits per heavy atom. The van der Waals surface area contributed by atoms with Crippen molar-refractivity contribution in [2.24, 2.45) is 0 Å². The maximum Gasteiger partial charge on any atom is 0.290 e. The first-order valence-corrected chi connectivity index (χ1v) is 7.18. The minimum atomic E-state index is -0.0358. The molecule has 3 rings (SSSR count). The topological polar surface area (TPSA) is 45.9 Å². The van der Waals surface area contributed by atoms with Gasteiger partial charge in [0, 0.05) is 44.2 Å². The summed E-state index contributed by atoms with van der Waals surface area (Å²) in [6.07, 6.45) is 0. The van der Waals surface area contributed by atoms with Gasteiger partial charge in [0.2, 0.25) is 0 Å². The van der Waals surface area contributed by atoms with Gasteiger partial charge >= 0.3 is 0 Å². The highest BCUT2D eigenvalue weighted by molar-refractivity contribution is 5.99. The van der Waals surface area contributed by atoms with E-state index >= 15 is 0 Å². The number of para-hydroxylation sites is 1. The molecular formula is C16H20N2O3. The van der Waals surface area contributed by atoms with E-state index < -0.39 is 0 Å². The fourth-order valence-electron chi connectivity index (χ4n) is 2.71. The van der Waals surface area contributed by atoms with Crippen molar-refractivity contribution in [3.8, 4) is 0 Å². The molecule has 0 saturated carbocycles. The minimum absolute atomic E-state index is 0.0358. The number of carbonyl (C=O) groups excluding carboxylic acids is 1. The van der Waals surface area contributed by atoms with E-state index in [2.05, 4.69) is 11.9 Å². The molecule has 1 aliphatic rings. The van der Waals surface area contributed by atoms with Crippen molar-refractivity contribution in [1.29, 1.82) is 0 Å². The lowest BCUT2D eigenvalue weighted by molar-refractivity contribution is 0.0629. The maximum absolute atomic E-state index is 12.7. The Labute approximate surface area is 124 Å². The van der Waals surface area contributed by atoms with Gasteiger partial charge in [-0.25, -0.2) is 0 Å². The Kier molecular flexibility index (Phi) is 3.94. The summed E-state index contributed by atoms with van der Waals surface area (Å²) in [5.41, 5.74) is 1.58. The smallest absolute Gasteiger partial charge is 0.290 e. The van der Waals surface area contributed by atoms with Gasteiger partial charge in [-0.15, -0.1) is 0 Å². The molecule has 0 atom stereocenters. The van der Waals surface area contributed by atoms with Crippen LogP contribution in [0.25, 0.3) is 11.0 Å². The molecule has 1 fully saturated rings. The monoisotopic (exact) mass is 288 g/mol. The standard InChI is InChI=1S/C16H20N2O3/c1-17-7-9-18(10-8-17)16(19)15-13(11-20-2)12-5-3-4-6-14(12)21-15/h3-6H,7-11H2,1-2H3.